The summed E-state index contributed by atoms with van der Waals surface area (Å²) < 4.78 is 3.55. The molecule has 0 atom stereocenters. The molecule has 1 aromatic rings. The minimum absolute atomic E-state index is 0.503. The van der Waals surface area contributed by atoms with Crippen LogP contribution in [0.15, 0.2) is 16.5 Å². The molecular weight excluding hydrogens is 210 g/mol. The molecule has 0 radical (unpaired) electrons. The Kier molecular flexibility index (Phi) is 3.17. The maximum atomic E-state index is 4.54. The molecule has 0 unspecified atom stereocenters. The Morgan fingerprint density at radius 3 is 2.47 bits per heavy atom. The smallest absolute Gasteiger partial charge is 0.187 e. The van der Waals surface area contributed by atoms with Gasteiger partial charge in [-0.1, -0.05) is 0 Å². The van der Waals surface area contributed by atoms with E-state index < -0.39 is 0 Å². The van der Waals surface area contributed by atoms with Crippen LogP contribution in [0.5, 0.6) is 0 Å². The van der Waals surface area contributed by atoms with Crippen LogP contribution in [-0.2, 0) is 12.4 Å². The van der Waals surface area contributed by atoms with E-state index >= 15 is 0 Å². The van der Waals surface area contributed by atoms with Crippen LogP contribution in [0.4, 0.5) is 11.6 Å². The van der Waals surface area contributed by atoms with Crippen LogP contribution in [0.25, 0.3) is 0 Å². The first-order valence-corrected chi connectivity index (χ1v) is 5.26. The van der Waals surface area contributed by atoms with Crippen molar-refractivity contribution in [3.8, 4) is 0 Å². The van der Waals surface area contributed by atoms with Crippen LogP contribution < -0.4 is 4.90 Å². The molecule has 0 bridgehead atoms. The van der Waals surface area contributed by atoms with Crippen molar-refractivity contribution < 1.29 is 0 Å². The van der Waals surface area contributed by atoms with E-state index in [1.165, 1.54) is 0 Å². The first-order valence-electron chi connectivity index (χ1n) is 4.90. The number of hydrogen-bond acceptors (Lipinski definition) is 6. The SMILES string of the molecule is CN1CCN(c2ccc(N=S)nn2)CC1. The first kappa shape index (κ1) is 10.4. The largest absolute Gasteiger partial charge is 0.353 e. The molecule has 1 aromatic heterocycles. The maximum Gasteiger partial charge on any atom is 0.187 e. The van der Waals surface area contributed by atoms with Gasteiger partial charge in [0.05, 0.1) is 0 Å². The molecule has 1 saturated heterocycles. The number of piperazine rings is 1. The predicted octanol–water partition coefficient (Wildman–Crippen LogP) is 0.590. The quantitative estimate of drug-likeness (QED) is 0.734. The molecule has 0 aromatic carbocycles. The van der Waals surface area contributed by atoms with Gasteiger partial charge < -0.3 is 9.80 Å². The van der Waals surface area contributed by atoms with Gasteiger partial charge in [-0.15, -0.1) is 10.2 Å². The molecule has 0 saturated carbocycles. The molecule has 1 aliphatic heterocycles. The standard InChI is InChI=1S/C9H13N5S/c1-13-4-6-14(7-5-13)9-3-2-8(12-15)10-11-9/h2-3H,4-7H2,1H3. The van der Waals surface area contributed by atoms with Gasteiger partial charge in [-0.25, -0.2) is 0 Å². The fraction of sp³-hybridized carbons (Fsp3) is 0.556. The summed E-state index contributed by atoms with van der Waals surface area (Å²) in [6, 6.07) is 3.72. The van der Waals surface area contributed by atoms with Gasteiger partial charge in [-0.2, -0.15) is 4.36 Å². The van der Waals surface area contributed by atoms with Gasteiger partial charge in [0.25, 0.3) is 0 Å². The van der Waals surface area contributed by atoms with Gasteiger partial charge in [0.1, 0.15) is 0 Å². The normalized spacial score (nSPS) is 17.8. The Bertz CT molecular complexity index is 331. The molecule has 0 N–H and O–H groups in total. The average Bonchev–Trinajstić information content (AvgIpc) is 2.30. The Balaban J connectivity index is 2.06. The summed E-state index contributed by atoms with van der Waals surface area (Å²) >= 11 is 4.54. The molecule has 15 heavy (non-hydrogen) atoms. The van der Waals surface area contributed by atoms with E-state index in [0.717, 1.165) is 32.0 Å². The summed E-state index contributed by atoms with van der Waals surface area (Å²) in [4.78, 5) is 4.52. The highest BCUT2D eigenvalue weighted by Crippen LogP contribution is 2.14. The molecule has 0 aliphatic carbocycles. The van der Waals surface area contributed by atoms with Gasteiger partial charge in [-0.05, 0) is 19.2 Å². The van der Waals surface area contributed by atoms with Gasteiger partial charge in [-0.3, -0.25) is 0 Å². The predicted molar refractivity (Wildman–Crippen MR) is 61.2 cm³/mol. The highest BCUT2D eigenvalue weighted by atomic mass is 32.1. The molecule has 2 rings (SSSR count). The highest BCUT2D eigenvalue weighted by Gasteiger charge is 2.15. The minimum atomic E-state index is 0.503. The lowest BCUT2D eigenvalue weighted by atomic mass is 10.3. The van der Waals surface area contributed by atoms with Crippen LogP contribution in [0.2, 0.25) is 0 Å². The monoisotopic (exact) mass is 223 g/mol. The summed E-state index contributed by atoms with van der Waals surface area (Å²) in [5.41, 5.74) is 0. The third-order valence-corrected chi connectivity index (χ3v) is 2.74. The summed E-state index contributed by atoms with van der Waals surface area (Å²) in [5.74, 6) is 1.41. The van der Waals surface area contributed by atoms with Crippen LogP contribution in [0.3, 0.4) is 0 Å². The number of aromatic nitrogens is 2. The van der Waals surface area contributed by atoms with Crippen molar-refractivity contribution in [2.24, 2.45) is 4.36 Å². The van der Waals surface area contributed by atoms with E-state index in [-0.39, 0.29) is 0 Å². The lowest BCUT2D eigenvalue weighted by Crippen LogP contribution is -2.44. The summed E-state index contributed by atoms with van der Waals surface area (Å²) in [5, 5.41) is 8.01. The van der Waals surface area contributed by atoms with Gasteiger partial charge in [0, 0.05) is 38.6 Å². The van der Waals surface area contributed by atoms with Crippen molar-refractivity contribution in [2.45, 2.75) is 0 Å². The van der Waals surface area contributed by atoms with Crippen molar-refractivity contribution >= 4 is 24.1 Å². The zero-order valence-electron chi connectivity index (χ0n) is 8.63. The zero-order chi connectivity index (χ0) is 10.7. The van der Waals surface area contributed by atoms with Crippen LogP contribution in [0, 0.1) is 0 Å². The van der Waals surface area contributed by atoms with Crippen LogP contribution in [-0.4, -0.2) is 48.3 Å². The van der Waals surface area contributed by atoms with Crippen molar-refractivity contribution in [1.29, 1.82) is 0 Å². The Hall–Kier alpha value is -1.14. The second kappa shape index (κ2) is 4.59. The average molecular weight is 223 g/mol. The molecule has 5 nitrogen and oxygen atoms in total. The summed E-state index contributed by atoms with van der Waals surface area (Å²) in [6.07, 6.45) is 0. The van der Waals surface area contributed by atoms with Crippen molar-refractivity contribution in [2.75, 3.05) is 38.1 Å². The Morgan fingerprint density at radius 2 is 1.93 bits per heavy atom. The van der Waals surface area contributed by atoms with E-state index in [0.29, 0.717) is 5.82 Å². The van der Waals surface area contributed by atoms with Crippen LogP contribution in [0.1, 0.15) is 0 Å². The fourth-order valence-corrected chi connectivity index (χ4v) is 1.67. The van der Waals surface area contributed by atoms with Gasteiger partial charge in [0.15, 0.2) is 11.6 Å². The second-order valence-electron chi connectivity index (χ2n) is 3.63. The topological polar surface area (TPSA) is 44.6 Å². The fourth-order valence-electron chi connectivity index (χ4n) is 1.57. The highest BCUT2D eigenvalue weighted by molar-refractivity contribution is 7.47. The lowest BCUT2D eigenvalue weighted by molar-refractivity contribution is 0.312. The molecule has 0 spiro atoms. The minimum Gasteiger partial charge on any atom is -0.353 e. The van der Waals surface area contributed by atoms with Gasteiger partial charge in [0.2, 0.25) is 0 Å². The number of nitrogens with zero attached hydrogens (tertiary/aromatic N) is 5. The van der Waals surface area contributed by atoms with Gasteiger partial charge >= 0.3 is 0 Å². The Labute approximate surface area is 94.3 Å². The Morgan fingerprint density at radius 1 is 1.20 bits per heavy atom. The number of rotatable bonds is 2. The third kappa shape index (κ3) is 2.45. The number of hydrogen-bond donors (Lipinski definition) is 0. The van der Waals surface area contributed by atoms with Crippen molar-refractivity contribution in [3.63, 3.8) is 0 Å². The van der Waals surface area contributed by atoms with Crippen molar-refractivity contribution in [3.05, 3.63) is 12.1 Å². The molecular formula is C9H13N5S. The molecule has 1 aliphatic rings. The molecule has 6 heteroatoms. The van der Waals surface area contributed by atoms with E-state index in [1.54, 1.807) is 6.07 Å². The second-order valence-corrected chi connectivity index (χ2v) is 3.81. The molecule has 1 fully saturated rings. The van der Waals surface area contributed by atoms with Crippen molar-refractivity contribution in [1.82, 2.24) is 15.1 Å². The van der Waals surface area contributed by atoms with Crippen LogP contribution >= 0.6 is 0 Å². The molecule has 0 amide bonds. The van der Waals surface area contributed by atoms with E-state index in [4.69, 9.17) is 0 Å². The lowest BCUT2D eigenvalue weighted by Gasteiger charge is -2.32. The molecule has 80 valence electrons. The first-order chi connectivity index (χ1) is 7.29. The third-order valence-electron chi connectivity index (χ3n) is 2.56. The maximum absolute atomic E-state index is 4.54. The molecule has 2 heterocycles. The van der Waals surface area contributed by atoms with E-state index in [9.17, 15) is 0 Å². The number of likely N-dealkylation sites (N-methyl/N-ethyl adjacent to an activating group) is 1. The number of anilines is 1. The zero-order valence-corrected chi connectivity index (χ0v) is 9.44. The summed E-state index contributed by atoms with van der Waals surface area (Å²) in [6.45, 7) is 4.12. The van der Waals surface area contributed by atoms with E-state index in [2.05, 4.69) is 43.8 Å². The summed E-state index contributed by atoms with van der Waals surface area (Å²) in [7, 11) is 2.13. The van der Waals surface area contributed by atoms with E-state index in [1.807, 2.05) is 6.07 Å².